The average Bonchev–Trinajstić information content (AvgIpc) is 3.58. The molecule has 0 unspecified atom stereocenters. The zero-order valence-electron chi connectivity index (χ0n) is 17.9. The Balaban J connectivity index is 1.31. The minimum absolute atomic E-state index is 0.0540. The summed E-state index contributed by atoms with van der Waals surface area (Å²) in [6.45, 7) is 0.244. The van der Waals surface area contributed by atoms with Gasteiger partial charge in [-0.2, -0.15) is 4.98 Å². The minimum atomic E-state index is -0.227. The van der Waals surface area contributed by atoms with Crippen LogP contribution in [-0.2, 0) is 11.3 Å². The van der Waals surface area contributed by atoms with Gasteiger partial charge in [0.1, 0.15) is 12.2 Å². The molecule has 5 rings (SSSR count). The molecule has 1 amide bonds. The van der Waals surface area contributed by atoms with E-state index in [0.717, 1.165) is 5.56 Å². The van der Waals surface area contributed by atoms with Crippen LogP contribution in [0.1, 0.15) is 0 Å². The first-order chi connectivity index (χ1) is 16.1. The lowest BCUT2D eigenvalue weighted by molar-refractivity contribution is -0.116. The largest absolute Gasteiger partial charge is 0.493 e. The maximum Gasteiger partial charge on any atom is 0.274 e. The Kier molecular flexibility index (Phi) is 5.31. The summed E-state index contributed by atoms with van der Waals surface area (Å²) < 4.78 is 28.4. The van der Waals surface area contributed by atoms with Crippen molar-refractivity contribution in [3.05, 3.63) is 54.7 Å². The van der Waals surface area contributed by atoms with Gasteiger partial charge in [-0.15, -0.1) is 0 Å². The fraction of sp³-hybridized carbons (Fsp3) is 0.174. The average molecular weight is 448 g/mol. The molecule has 4 aromatic rings. The van der Waals surface area contributed by atoms with Crippen LogP contribution in [-0.4, -0.2) is 41.6 Å². The van der Waals surface area contributed by atoms with Gasteiger partial charge in [0.25, 0.3) is 5.89 Å². The van der Waals surface area contributed by atoms with Crippen molar-refractivity contribution in [2.45, 2.75) is 6.54 Å². The van der Waals surface area contributed by atoms with Crippen LogP contribution in [0.3, 0.4) is 0 Å². The molecule has 10 heteroatoms. The van der Waals surface area contributed by atoms with E-state index < -0.39 is 0 Å². The highest BCUT2D eigenvalue weighted by atomic mass is 16.7. The third-order valence-electron chi connectivity index (χ3n) is 5.09. The third-order valence-corrected chi connectivity index (χ3v) is 5.09. The van der Waals surface area contributed by atoms with E-state index in [1.165, 1.54) is 7.11 Å². The zero-order chi connectivity index (χ0) is 22.8. The lowest BCUT2D eigenvalue weighted by Crippen LogP contribution is -2.18. The van der Waals surface area contributed by atoms with Crippen LogP contribution in [0.2, 0.25) is 0 Å². The molecular formula is C23H20N4O6. The summed E-state index contributed by atoms with van der Waals surface area (Å²) in [6, 6.07) is 14.2. The van der Waals surface area contributed by atoms with Gasteiger partial charge in [-0.25, -0.2) is 0 Å². The van der Waals surface area contributed by atoms with Gasteiger partial charge in [0.05, 0.1) is 14.2 Å². The van der Waals surface area contributed by atoms with Gasteiger partial charge in [0, 0.05) is 23.5 Å². The highest BCUT2D eigenvalue weighted by Crippen LogP contribution is 2.35. The van der Waals surface area contributed by atoms with Crippen LogP contribution in [0.25, 0.3) is 23.0 Å². The maximum absolute atomic E-state index is 12.7. The van der Waals surface area contributed by atoms with Crippen LogP contribution in [0.4, 0.5) is 5.69 Å². The molecule has 168 valence electrons. The Hall–Kier alpha value is -4.47. The van der Waals surface area contributed by atoms with Gasteiger partial charge in [-0.3, -0.25) is 4.79 Å². The van der Waals surface area contributed by atoms with Crippen LogP contribution >= 0.6 is 0 Å². The standard InChI is InChI=1S/C23H20N4O6/c1-29-17-8-6-15(11-19(17)30-2)24-21(28)12-27-9-3-4-16(27)23-25-22(26-33-23)14-5-7-18-20(10-14)32-13-31-18/h3-11H,12-13H2,1-2H3,(H,24,28). The molecule has 10 nitrogen and oxygen atoms in total. The van der Waals surface area contributed by atoms with E-state index in [4.69, 9.17) is 23.5 Å². The predicted molar refractivity (Wildman–Crippen MR) is 117 cm³/mol. The Morgan fingerprint density at radius 2 is 1.91 bits per heavy atom. The lowest BCUT2D eigenvalue weighted by Gasteiger charge is -2.11. The molecule has 1 N–H and O–H groups in total. The van der Waals surface area contributed by atoms with Crippen molar-refractivity contribution in [1.82, 2.24) is 14.7 Å². The summed E-state index contributed by atoms with van der Waals surface area (Å²) in [5.74, 6) is 2.90. The molecule has 0 bridgehead atoms. The van der Waals surface area contributed by atoms with Crippen molar-refractivity contribution in [1.29, 1.82) is 0 Å². The quantitative estimate of drug-likeness (QED) is 0.457. The number of anilines is 1. The second kappa shape index (κ2) is 8.58. The lowest BCUT2D eigenvalue weighted by atomic mass is 10.2. The predicted octanol–water partition coefficient (Wildman–Crippen LogP) is 3.59. The number of rotatable bonds is 7. The van der Waals surface area contributed by atoms with Gasteiger partial charge in [-0.1, -0.05) is 5.16 Å². The SMILES string of the molecule is COc1ccc(NC(=O)Cn2cccc2-c2nc(-c3ccc4c(c3)OCO4)no2)cc1OC. The highest BCUT2D eigenvalue weighted by molar-refractivity contribution is 5.91. The zero-order valence-corrected chi connectivity index (χ0v) is 17.9. The monoisotopic (exact) mass is 448 g/mol. The van der Waals surface area contributed by atoms with E-state index in [-0.39, 0.29) is 19.2 Å². The number of carbonyl (C=O) groups excluding carboxylic acids is 1. The number of ether oxygens (including phenoxy) is 4. The van der Waals surface area contributed by atoms with Crippen molar-refractivity contribution in [3.8, 4) is 46.0 Å². The van der Waals surface area contributed by atoms with Gasteiger partial charge in [-0.05, 0) is 42.5 Å². The molecule has 1 aliphatic heterocycles. The number of fused-ring (bicyclic) bond motifs is 1. The first-order valence-corrected chi connectivity index (χ1v) is 10.1. The van der Waals surface area contributed by atoms with Crippen molar-refractivity contribution < 1.29 is 28.3 Å². The number of hydrogen-bond donors (Lipinski definition) is 1. The molecule has 0 atom stereocenters. The Morgan fingerprint density at radius 3 is 2.76 bits per heavy atom. The first kappa shape index (κ1) is 20.4. The molecule has 2 aromatic carbocycles. The third kappa shape index (κ3) is 4.05. The Morgan fingerprint density at radius 1 is 1.06 bits per heavy atom. The normalized spacial score (nSPS) is 11.9. The number of amides is 1. The van der Waals surface area contributed by atoms with Gasteiger partial charge in [0.15, 0.2) is 23.0 Å². The topological polar surface area (TPSA) is 110 Å². The number of aromatic nitrogens is 3. The van der Waals surface area contributed by atoms with Crippen molar-refractivity contribution >= 4 is 11.6 Å². The number of methoxy groups -OCH3 is 2. The fourth-order valence-corrected chi connectivity index (χ4v) is 3.50. The molecule has 0 saturated heterocycles. The number of benzene rings is 2. The number of nitrogens with zero attached hydrogens (tertiary/aromatic N) is 3. The molecule has 33 heavy (non-hydrogen) atoms. The molecule has 0 aliphatic carbocycles. The number of hydrogen-bond acceptors (Lipinski definition) is 8. The summed E-state index contributed by atoms with van der Waals surface area (Å²) in [4.78, 5) is 17.1. The van der Waals surface area contributed by atoms with Crippen molar-refractivity contribution in [2.75, 3.05) is 26.3 Å². The van der Waals surface area contributed by atoms with E-state index in [2.05, 4.69) is 15.5 Å². The van der Waals surface area contributed by atoms with E-state index in [9.17, 15) is 4.79 Å². The number of nitrogens with one attached hydrogen (secondary N) is 1. The second-order valence-corrected chi connectivity index (χ2v) is 7.13. The maximum atomic E-state index is 12.7. The fourth-order valence-electron chi connectivity index (χ4n) is 3.50. The molecule has 0 radical (unpaired) electrons. The molecule has 2 aromatic heterocycles. The second-order valence-electron chi connectivity index (χ2n) is 7.13. The Bertz CT molecular complexity index is 1310. The van der Waals surface area contributed by atoms with Crippen molar-refractivity contribution in [2.24, 2.45) is 0 Å². The molecule has 1 aliphatic rings. The van der Waals surface area contributed by atoms with Crippen LogP contribution in [0, 0.1) is 0 Å². The Labute approximate surface area is 188 Å². The minimum Gasteiger partial charge on any atom is -0.493 e. The molecule has 0 spiro atoms. The summed E-state index contributed by atoms with van der Waals surface area (Å²) in [6.07, 6.45) is 1.77. The van der Waals surface area contributed by atoms with E-state index in [0.29, 0.717) is 46.1 Å². The first-order valence-electron chi connectivity index (χ1n) is 10.1. The van der Waals surface area contributed by atoms with Crippen LogP contribution in [0.5, 0.6) is 23.0 Å². The summed E-state index contributed by atoms with van der Waals surface area (Å²) in [5.41, 5.74) is 1.95. The number of carbonyl (C=O) groups is 1. The van der Waals surface area contributed by atoms with E-state index in [1.807, 2.05) is 12.1 Å². The van der Waals surface area contributed by atoms with E-state index in [1.54, 1.807) is 54.3 Å². The molecule has 3 heterocycles. The summed E-state index contributed by atoms with van der Waals surface area (Å²) in [7, 11) is 3.09. The molecule has 0 saturated carbocycles. The van der Waals surface area contributed by atoms with Crippen molar-refractivity contribution in [3.63, 3.8) is 0 Å². The highest BCUT2D eigenvalue weighted by Gasteiger charge is 2.19. The van der Waals surface area contributed by atoms with Crippen LogP contribution < -0.4 is 24.3 Å². The summed E-state index contributed by atoms with van der Waals surface area (Å²) >= 11 is 0. The van der Waals surface area contributed by atoms with Crippen LogP contribution in [0.15, 0.2) is 59.3 Å². The van der Waals surface area contributed by atoms with Gasteiger partial charge >= 0.3 is 0 Å². The van der Waals surface area contributed by atoms with E-state index >= 15 is 0 Å². The summed E-state index contributed by atoms with van der Waals surface area (Å²) in [5, 5.41) is 6.92. The van der Waals surface area contributed by atoms with Gasteiger partial charge < -0.3 is 33.4 Å². The van der Waals surface area contributed by atoms with Gasteiger partial charge in [0.2, 0.25) is 18.5 Å². The molecular weight excluding hydrogens is 428 g/mol. The molecule has 0 fully saturated rings. The smallest absolute Gasteiger partial charge is 0.274 e.